The molecule has 2 rings (SSSR count). The molecule has 19 heavy (non-hydrogen) atoms. The largest absolute Gasteiger partial charge is 0.314 e. The fourth-order valence-electron chi connectivity index (χ4n) is 3.38. The van der Waals surface area contributed by atoms with Gasteiger partial charge in [-0.3, -0.25) is 0 Å². The minimum absolute atomic E-state index is 0.888. The predicted octanol–water partition coefficient (Wildman–Crippen LogP) is 3.95. The Hall–Kier alpha value is -0.0800. The minimum Gasteiger partial charge on any atom is -0.314 e. The standard InChI is InChI=1S/C17H34N2/c1-2-17-10-6-5-9-15-19(17)14-8-4-3-7-13-18-16-11-12-16/h16-18H,2-15H2,1H3. The van der Waals surface area contributed by atoms with Gasteiger partial charge in [-0.2, -0.15) is 0 Å². The van der Waals surface area contributed by atoms with Gasteiger partial charge in [-0.25, -0.2) is 0 Å². The van der Waals surface area contributed by atoms with Crippen molar-refractivity contribution in [3.05, 3.63) is 0 Å². The van der Waals surface area contributed by atoms with Gasteiger partial charge in [0, 0.05) is 12.1 Å². The van der Waals surface area contributed by atoms with E-state index in [1.54, 1.807) is 0 Å². The number of hydrogen-bond donors (Lipinski definition) is 1. The van der Waals surface area contributed by atoms with E-state index in [1.807, 2.05) is 0 Å². The van der Waals surface area contributed by atoms with E-state index in [-0.39, 0.29) is 0 Å². The van der Waals surface area contributed by atoms with Crippen LogP contribution in [-0.2, 0) is 0 Å². The van der Waals surface area contributed by atoms with E-state index in [4.69, 9.17) is 0 Å². The first-order chi connectivity index (χ1) is 9.40. The lowest BCUT2D eigenvalue weighted by molar-refractivity contribution is 0.190. The number of rotatable bonds is 9. The van der Waals surface area contributed by atoms with E-state index in [0.29, 0.717) is 0 Å². The summed E-state index contributed by atoms with van der Waals surface area (Å²) < 4.78 is 0. The summed E-state index contributed by atoms with van der Waals surface area (Å²) in [6.07, 6.45) is 15.6. The SMILES string of the molecule is CCC1CCCCCN1CCCCCCNC1CC1. The number of nitrogens with zero attached hydrogens (tertiary/aromatic N) is 1. The van der Waals surface area contributed by atoms with Crippen LogP contribution in [0.4, 0.5) is 0 Å². The Bertz CT molecular complexity index is 225. The lowest BCUT2D eigenvalue weighted by Crippen LogP contribution is -2.35. The molecule has 0 radical (unpaired) electrons. The van der Waals surface area contributed by atoms with E-state index in [1.165, 1.54) is 90.3 Å². The highest BCUT2D eigenvalue weighted by Crippen LogP contribution is 2.20. The summed E-state index contributed by atoms with van der Waals surface area (Å²) in [5.41, 5.74) is 0. The molecule has 0 aromatic heterocycles. The Kier molecular flexibility index (Phi) is 7.23. The molecule has 0 amide bonds. The van der Waals surface area contributed by atoms with Gasteiger partial charge in [-0.15, -0.1) is 0 Å². The molecule has 1 aliphatic heterocycles. The van der Waals surface area contributed by atoms with Crippen molar-refractivity contribution in [1.29, 1.82) is 0 Å². The van der Waals surface area contributed by atoms with Crippen LogP contribution in [0.2, 0.25) is 0 Å². The lowest BCUT2D eigenvalue weighted by Gasteiger charge is -2.29. The summed E-state index contributed by atoms with van der Waals surface area (Å²) in [5.74, 6) is 0. The Morgan fingerprint density at radius 2 is 1.79 bits per heavy atom. The van der Waals surface area contributed by atoms with Crippen LogP contribution in [0.15, 0.2) is 0 Å². The Morgan fingerprint density at radius 3 is 2.58 bits per heavy atom. The first-order valence-electron chi connectivity index (χ1n) is 8.87. The summed E-state index contributed by atoms with van der Waals surface area (Å²) >= 11 is 0. The van der Waals surface area contributed by atoms with Crippen LogP contribution < -0.4 is 5.32 Å². The second-order valence-corrected chi connectivity index (χ2v) is 6.59. The van der Waals surface area contributed by atoms with Gasteiger partial charge in [0.05, 0.1) is 0 Å². The molecule has 0 spiro atoms. The highest BCUT2D eigenvalue weighted by molar-refractivity contribution is 4.80. The first kappa shape index (κ1) is 15.3. The number of unbranched alkanes of at least 4 members (excludes halogenated alkanes) is 3. The molecule has 2 nitrogen and oxygen atoms in total. The number of likely N-dealkylation sites (tertiary alicyclic amines) is 1. The Morgan fingerprint density at radius 1 is 0.947 bits per heavy atom. The van der Waals surface area contributed by atoms with Crippen LogP contribution in [0.25, 0.3) is 0 Å². The smallest absolute Gasteiger partial charge is 0.00926 e. The normalized spacial score (nSPS) is 25.4. The zero-order valence-electron chi connectivity index (χ0n) is 13.0. The minimum atomic E-state index is 0.888. The number of hydrogen-bond acceptors (Lipinski definition) is 2. The van der Waals surface area contributed by atoms with Gasteiger partial charge in [0.15, 0.2) is 0 Å². The third-order valence-electron chi connectivity index (χ3n) is 4.85. The third kappa shape index (κ3) is 6.27. The lowest BCUT2D eigenvalue weighted by atomic mass is 10.1. The Labute approximate surface area is 120 Å². The molecule has 2 heteroatoms. The topological polar surface area (TPSA) is 15.3 Å². The van der Waals surface area contributed by atoms with Crippen molar-refractivity contribution in [2.24, 2.45) is 0 Å². The molecule has 1 unspecified atom stereocenters. The van der Waals surface area contributed by atoms with Gasteiger partial charge in [-0.1, -0.05) is 32.6 Å². The molecule has 2 aliphatic rings. The first-order valence-corrected chi connectivity index (χ1v) is 8.87. The van der Waals surface area contributed by atoms with Crippen molar-refractivity contribution in [3.63, 3.8) is 0 Å². The van der Waals surface area contributed by atoms with Crippen molar-refractivity contribution < 1.29 is 0 Å². The van der Waals surface area contributed by atoms with Crippen molar-refractivity contribution >= 4 is 0 Å². The molecule has 0 aromatic rings. The van der Waals surface area contributed by atoms with Crippen molar-refractivity contribution in [2.75, 3.05) is 19.6 Å². The van der Waals surface area contributed by atoms with Gasteiger partial charge in [0.1, 0.15) is 0 Å². The van der Waals surface area contributed by atoms with Gasteiger partial charge in [0.2, 0.25) is 0 Å². The van der Waals surface area contributed by atoms with Crippen molar-refractivity contribution in [3.8, 4) is 0 Å². The summed E-state index contributed by atoms with van der Waals surface area (Å²) in [5, 5.41) is 3.61. The van der Waals surface area contributed by atoms with E-state index >= 15 is 0 Å². The molecular weight excluding hydrogens is 232 g/mol. The fourth-order valence-corrected chi connectivity index (χ4v) is 3.38. The van der Waals surface area contributed by atoms with E-state index < -0.39 is 0 Å². The zero-order valence-corrected chi connectivity index (χ0v) is 13.0. The van der Waals surface area contributed by atoms with Gasteiger partial charge in [0.25, 0.3) is 0 Å². The van der Waals surface area contributed by atoms with Crippen LogP contribution in [0.5, 0.6) is 0 Å². The van der Waals surface area contributed by atoms with Crippen LogP contribution in [0.3, 0.4) is 0 Å². The van der Waals surface area contributed by atoms with Gasteiger partial charge >= 0.3 is 0 Å². The van der Waals surface area contributed by atoms with Gasteiger partial charge in [-0.05, 0) is 64.6 Å². The third-order valence-corrected chi connectivity index (χ3v) is 4.85. The molecule has 2 fully saturated rings. The van der Waals surface area contributed by atoms with Crippen LogP contribution in [-0.4, -0.2) is 36.6 Å². The quantitative estimate of drug-likeness (QED) is 0.636. The second kappa shape index (κ2) is 8.97. The van der Waals surface area contributed by atoms with Crippen molar-refractivity contribution in [2.45, 2.75) is 89.6 Å². The zero-order chi connectivity index (χ0) is 13.3. The highest BCUT2D eigenvalue weighted by Gasteiger charge is 2.20. The average Bonchev–Trinajstić information content (AvgIpc) is 3.24. The van der Waals surface area contributed by atoms with E-state index in [2.05, 4.69) is 17.1 Å². The van der Waals surface area contributed by atoms with Crippen LogP contribution in [0, 0.1) is 0 Å². The average molecular weight is 266 g/mol. The summed E-state index contributed by atoms with van der Waals surface area (Å²) in [4.78, 5) is 2.79. The predicted molar refractivity (Wildman–Crippen MR) is 83.6 cm³/mol. The number of nitrogens with one attached hydrogen (secondary N) is 1. The van der Waals surface area contributed by atoms with E-state index in [9.17, 15) is 0 Å². The molecule has 1 heterocycles. The highest BCUT2D eigenvalue weighted by atomic mass is 15.1. The molecular formula is C17H34N2. The molecule has 1 N–H and O–H groups in total. The van der Waals surface area contributed by atoms with Crippen LogP contribution >= 0.6 is 0 Å². The fraction of sp³-hybridized carbons (Fsp3) is 1.00. The maximum atomic E-state index is 3.61. The molecule has 1 aliphatic carbocycles. The molecule has 1 atom stereocenters. The molecule has 1 saturated carbocycles. The Balaban J connectivity index is 1.48. The maximum Gasteiger partial charge on any atom is 0.00926 e. The monoisotopic (exact) mass is 266 g/mol. The second-order valence-electron chi connectivity index (χ2n) is 6.59. The van der Waals surface area contributed by atoms with Crippen molar-refractivity contribution in [1.82, 2.24) is 10.2 Å². The van der Waals surface area contributed by atoms with E-state index in [0.717, 1.165) is 12.1 Å². The molecule has 0 aromatic carbocycles. The maximum absolute atomic E-state index is 3.61. The van der Waals surface area contributed by atoms with Gasteiger partial charge < -0.3 is 10.2 Å². The molecule has 112 valence electrons. The summed E-state index contributed by atoms with van der Waals surface area (Å²) in [7, 11) is 0. The molecule has 0 bridgehead atoms. The summed E-state index contributed by atoms with van der Waals surface area (Å²) in [6, 6.07) is 1.78. The summed E-state index contributed by atoms with van der Waals surface area (Å²) in [6.45, 7) is 6.34. The molecule has 1 saturated heterocycles. The van der Waals surface area contributed by atoms with Crippen LogP contribution in [0.1, 0.15) is 77.6 Å².